The molecule has 4 nitrogen and oxygen atoms in total. The van der Waals surface area contributed by atoms with Gasteiger partial charge in [0.1, 0.15) is 0 Å². The summed E-state index contributed by atoms with van der Waals surface area (Å²) in [5, 5.41) is 4.56. The van der Waals surface area contributed by atoms with E-state index in [0.717, 1.165) is 16.8 Å². The van der Waals surface area contributed by atoms with Gasteiger partial charge in [-0.05, 0) is 23.8 Å². The minimum absolute atomic E-state index is 0.0656. The number of ketones is 1. The van der Waals surface area contributed by atoms with E-state index in [4.69, 9.17) is 11.6 Å². The van der Waals surface area contributed by atoms with Crippen LogP contribution in [-0.2, 0) is 19.6 Å². The van der Waals surface area contributed by atoms with E-state index in [2.05, 4.69) is 5.10 Å². The van der Waals surface area contributed by atoms with E-state index in [1.54, 1.807) is 0 Å². The van der Waals surface area contributed by atoms with Gasteiger partial charge in [0.2, 0.25) is 0 Å². The summed E-state index contributed by atoms with van der Waals surface area (Å²) in [6.07, 6.45) is -4.67. The molecule has 0 aliphatic heterocycles. The maximum absolute atomic E-state index is 12.8. The summed E-state index contributed by atoms with van der Waals surface area (Å²) in [5.74, 6) is -0.386. The molecule has 0 bridgehead atoms. The van der Waals surface area contributed by atoms with Crippen LogP contribution in [0.4, 0.5) is 13.2 Å². The number of fused-ring (bicyclic) bond motifs is 1. The van der Waals surface area contributed by atoms with Crippen molar-refractivity contribution in [3.63, 3.8) is 0 Å². The lowest BCUT2D eigenvalue weighted by atomic mass is 9.99. The van der Waals surface area contributed by atoms with E-state index < -0.39 is 11.7 Å². The lowest BCUT2D eigenvalue weighted by Crippen LogP contribution is -2.20. The van der Waals surface area contributed by atoms with Gasteiger partial charge in [-0.1, -0.05) is 35.9 Å². The van der Waals surface area contributed by atoms with Crippen LogP contribution in [0.1, 0.15) is 21.5 Å². The lowest BCUT2D eigenvalue weighted by molar-refractivity contribution is -0.137. The Balaban J connectivity index is 1.95. The first-order valence-corrected chi connectivity index (χ1v) is 7.90. The molecule has 0 fully saturated rings. The number of aromatic nitrogens is 2. The summed E-state index contributed by atoms with van der Waals surface area (Å²) in [6, 6.07) is 8.96. The SMILES string of the molecule is Cn1nc(Cl)c2cc(C(=O)Cc3cccc(C(F)(F)F)c3)ccc2c1=O. The number of rotatable bonds is 3. The van der Waals surface area contributed by atoms with Gasteiger partial charge < -0.3 is 0 Å². The van der Waals surface area contributed by atoms with E-state index in [0.29, 0.717) is 10.8 Å². The molecular weight excluding hydrogens is 369 g/mol. The topological polar surface area (TPSA) is 52.0 Å². The number of hydrogen-bond acceptors (Lipinski definition) is 3. The van der Waals surface area contributed by atoms with Crippen LogP contribution in [-0.4, -0.2) is 15.6 Å². The van der Waals surface area contributed by atoms with Crippen LogP contribution in [0.25, 0.3) is 10.8 Å². The average molecular weight is 381 g/mol. The normalized spacial score (nSPS) is 11.7. The minimum Gasteiger partial charge on any atom is -0.294 e. The van der Waals surface area contributed by atoms with Gasteiger partial charge in [-0.3, -0.25) is 9.59 Å². The second-order valence-corrected chi connectivity index (χ2v) is 6.14. The molecule has 3 aromatic rings. The molecule has 0 aliphatic rings. The zero-order valence-corrected chi connectivity index (χ0v) is 14.2. The maximum atomic E-state index is 12.8. The van der Waals surface area contributed by atoms with E-state index >= 15 is 0 Å². The van der Waals surface area contributed by atoms with Gasteiger partial charge in [-0.25, -0.2) is 4.68 Å². The van der Waals surface area contributed by atoms with Crippen molar-refractivity contribution < 1.29 is 18.0 Å². The van der Waals surface area contributed by atoms with Crippen LogP contribution in [0, 0.1) is 0 Å². The first kappa shape index (κ1) is 18.1. The zero-order chi connectivity index (χ0) is 19.1. The van der Waals surface area contributed by atoms with Crippen LogP contribution in [0.2, 0.25) is 5.15 Å². The first-order valence-electron chi connectivity index (χ1n) is 7.53. The molecule has 0 amide bonds. The van der Waals surface area contributed by atoms with Gasteiger partial charge in [0.25, 0.3) is 5.56 Å². The van der Waals surface area contributed by atoms with Crippen molar-refractivity contribution in [1.29, 1.82) is 0 Å². The minimum atomic E-state index is -4.47. The zero-order valence-electron chi connectivity index (χ0n) is 13.5. The smallest absolute Gasteiger partial charge is 0.294 e. The number of aryl methyl sites for hydroxylation is 1. The number of Topliss-reactive ketones (excluding diaryl/α,β-unsaturated/α-hetero) is 1. The van der Waals surface area contributed by atoms with Crippen LogP contribution in [0.15, 0.2) is 47.3 Å². The molecule has 0 saturated heterocycles. The van der Waals surface area contributed by atoms with Crippen LogP contribution in [0.5, 0.6) is 0 Å². The predicted octanol–water partition coefficient (Wildman–Crippen LogP) is 4.03. The molecule has 0 spiro atoms. The van der Waals surface area contributed by atoms with E-state index in [1.165, 1.54) is 37.4 Å². The van der Waals surface area contributed by atoms with Crippen molar-refractivity contribution in [2.45, 2.75) is 12.6 Å². The largest absolute Gasteiger partial charge is 0.416 e. The summed E-state index contributed by atoms with van der Waals surface area (Å²) in [7, 11) is 1.46. The van der Waals surface area contributed by atoms with Crippen molar-refractivity contribution >= 4 is 28.2 Å². The molecule has 0 N–H and O–H groups in total. The molecule has 26 heavy (non-hydrogen) atoms. The molecule has 0 radical (unpaired) electrons. The second kappa shape index (κ2) is 6.57. The van der Waals surface area contributed by atoms with Gasteiger partial charge >= 0.3 is 6.18 Å². The van der Waals surface area contributed by atoms with Gasteiger partial charge in [0.15, 0.2) is 10.9 Å². The van der Waals surface area contributed by atoms with Crippen LogP contribution < -0.4 is 5.56 Å². The Kier molecular flexibility index (Phi) is 4.58. The number of nitrogens with zero attached hydrogens (tertiary/aromatic N) is 2. The number of carbonyl (C=O) groups excluding carboxylic acids is 1. The van der Waals surface area contributed by atoms with Crippen molar-refractivity contribution in [3.8, 4) is 0 Å². The van der Waals surface area contributed by atoms with Crippen LogP contribution >= 0.6 is 11.6 Å². The molecule has 1 heterocycles. The quantitative estimate of drug-likeness (QED) is 0.645. The Morgan fingerprint density at radius 3 is 2.58 bits per heavy atom. The fraction of sp³-hybridized carbons (Fsp3) is 0.167. The third-order valence-electron chi connectivity index (χ3n) is 3.94. The number of benzene rings is 2. The summed E-state index contributed by atoms with van der Waals surface area (Å²) in [4.78, 5) is 24.5. The summed E-state index contributed by atoms with van der Waals surface area (Å²) in [6.45, 7) is 0. The molecule has 0 saturated carbocycles. The highest BCUT2D eigenvalue weighted by molar-refractivity contribution is 6.34. The van der Waals surface area contributed by atoms with Crippen molar-refractivity contribution in [2.24, 2.45) is 7.05 Å². The number of alkyl halides is 3. The average Bonchev–Trinajstić information content (AvgIpc) is 2.59. The molecular formula is C18H12ClF3N2O2. The molecule has 1 aromatic heterocycles. The molecule has 0 atom stereocenters. The lowest BCUT2D eigenvalue weighted by Gasteiger charge is -2.09. The summed E-state index contributed by atoms with van der Waals surface area (Å²) >= 11 is 6.03. The van der Waals surface area contributed by atoms with Gasteiger partial charge in [0.05, 0.1) is 10.9 Å². The van der Waals surface area contributed by atoms with Crippen LogP contribution in [0.3, 0.4) is 0 Å². The van der Waals surface area contributed by atoms with Crippen molar-refractivity contribution in [1.82, 2.24) is 9.78 Å². The number of hydrogen-bond donors (Lipinski definition) is 0. The van der Waals surface area contributed by atoms with Gasteiger partial charge in [0, 0.05) is 24.4 Å². The molecule has 8 heteroatoms. The standard InChI is InChI=1S/C18H12ClF3N2O2/c1-24-17(26)13-6-5-11(9-14(13)16(19)23-24)15(25)8-10-3-2-4-12(7-10)18(20,21)22/h2-7,9H,8H2,1H3. The van der Waals surface area contributed by atoms with E-state index in [9.17, 15) is 22.8 Å². The maximum Gasteiger partial charge on any atom is 0.416 e. The summed E-state index contributed by atoms with van der Waals surface area (Å²) < 4.78 is 39.4. The Morgan fingerprint density at radius 1 is 1.15 bits per heavy atom. The second-order valence-electron chi connectivity index (χ2n) is 5.78. The molecule has 2 aromatic carbocycles. The van der Waals surface area contributed by atoms with Gasteiger partial charge in [-0.2, -0.15) is 18.3 Å². The molecule has 134 valence electrons. The summed E-state index contributed by atoms with van der Waals surface area (Å²) in [5.41, 5.74) is -0.677. The molecule has 3 rings (SSSR count). The molecule has 0 unspecified atom stereocenters. The third kappa shape index (κ3) is 3.48. The fourth-order valence-corrected chi connectivity index (χ4v) is 2.89. The number of halogens is 4. The Bertz CT molecular complexity index is 1070. The van der Waals surface area contributed by atoms with Crippen molar-refractivity contribution in [3.05, 3.63) is 74.7 Å². The monoisotopic (exact) mass is 380 g/mol. The Hall–Kier alpha value is -2.67. The predicted molar refractivity (Wildman–Crippen MR) is 91.5 cm³/mol. The highest BCUT2D eigenvalue weighted by Gasteiger charge is 2.30. The van der Waals surface area contributed by atoms with Crippen molar-refractivity contribution in [2.75, 3.05) is 0 Å². The van der Waals surface area contributed by atoms with Gasteiger partial charge in [-0.15, -0.1) is 0 Å². The van der Waals surface area contributed by atoms with E-state index in [-0.39, 0.29) is 34.0 Å². The highest BCUT2D eigenvalue weighted by atomic mass is 35.5. The highest BCUT2D eigenvalue weighted by Crippen LogP contribution is 2.30. The Morgan fingerprint density at radius 2 is 1.88 bits per heavy atom. The molecule has 0 aliphatic carbocycles. The third-order valence-corrected chi connectivity index (χ3v) is 4.22. The fourth-order valence-electron chi connectivity index (χ4n) is 2.63. The Labute approximate surface area is 150 Å². The van der Waals surface area contributed by atoms with E-state index in [1.807, 2.05) is 0 Å². The first-order chi connectivity index (χ1) is 12.2. The number of carbonyl (C=O) groups is 1.